The van der Waals surface area contributed by atoms with Crippen molar-refractivity contribution in [2.45, 2.75) is 19.6 Å². The van der Waals surface area contributed by atoms with Gasteiger partial charge in [-0.05, 0) is 31.2 Å². The maximum atomic E-state index is 14.0. The number of piperazine rings is 1. The Kier molecular flexibility index (Phi) is 5.21. The molecule has 2 aromatic rings. The summed E-state index contributed by atoms with van der Waals surface area (Å²) in [6, 6.07) is 9.45. The van der Waals surface area contributed by atoms with Crippen LogP contribution in [0.15, 0.2) is 36.4 Å². The highest BCUT2D eigenvalue weighted by molar-refractivity contribution is 6.30. The molecule has 3 rings (SSSR count). The van der Waals surface area contributed by atoms with Crippen molar-refractivity contribution in [3.63, 3.8) is 0 Å². The summed E-state index contributed by atoms with van der Waals surface area (Å²) in [4.78, 5) is 2.20. The number of anilines is 1. The molecule has 1 saturated heterocycles. The largest absolute Gasteiger partial charge is 0.486 e. The highest BCUT2D eigenvalue weighted by Gasteiger charge is 2.19. The van der Waals surface area contributed by atoms with Gasteiger partial charge < -0.3 is 15.0 Å². The molecule has 0 saturated carbocycles. The number of ether oxygens (including phenoxy) is 1. The Morgan fingerprint density at radius 3 is 2.79 bits per heavy atom. The van der Waals surface area contributed by atoms with Crippen LogP contribution in [0.2, 0.25) is 5.02 Å². The number of nitrogens with zero attached hydrogens (tertiary/aromatic N) is 1. The van der Waals surface area contributed by atoms with Gasteiger partial charge in [-0.3, -0.25) is 0 Å². The lowest BCUT2D eigenvalue weighted by Gasteiger charge is -2.36. The smallest absolute Gasteiger partial charge is 0.165 e. The Balaban J connectivity index is 1.76. The molecule has 0 bridgehead atoms. The van der Waals surface area contributed by atoms with E-state index in [4.69, 9.17) is 16.3 Å². The van der Waals surface area contributed by atoms with Crippen LogP contribution in [-0.2, 0) is 6.61 Å². The second-order valence-corrected chi connectivity index (χ2v) is 6.32. The SMILES string of the molecule is CC1CNCCN1c1ccc(F)c(OCc2ccc(Cl)cc2F)c1. The quantitative estimate of drug-likeness (QED) is 0.900. The van der Waals surface area contributed by atoms with Crippen molar-refractivity contribution in [3.8, 4) is 5.75 Å². The molecule has 0 radical (unpaired) electrons. The molecule has 0 amide bonds. The van der Waals surface area contributed by atoms with E-state index in [0.29, 0.717) is 16.6 Å². The first-order valence-corrected chi connectivity index (χ1v) is 8.26. The number of halogens is 3. The number of hydrogen-bond donors (Lipinski definition) is 1. The minimum Gasteiger partial charge on any atom is -0.486 e. The lowest BCUT2D eigenvalue weighted by Crippen LogP contribution is -2.49. The molecule has 2 aromatic carbocycles. The Labute approximate surface area is 145 Å². The fraction of sp³-hybridized carbons (Fsp3) is 0.333. The molecule has 1 aliphatic heterocycles. The predicted octanol–water partition coefficient (Wildman–Crippen LogP) is 4.00. The first-order chi connectivity index (χ1) is 11.5. The summed E-state index contributed by atoms with van der Waals surface area (Å²) in [5.41, 5.74) is 1.23. The van der Waals surface area contributed by atoms with E-state index in [1.165, 1.54) is 18.2 Å². The number of hydrogen-bond acceptors (Lipinski definition) is 3. The van der Waals surface area contributed by atoms with Crippen molar-refractivity contribution in [2.24, 2.45) is 0 Å². The van der Waals surface area contributed by atoms with Crippen LogP contribution in [0, 0.1) is 11.6 Å². The van der Waals surface area contributed by atoms with E-state index < -0.39 is 11.6 Å². The van der Waals surface area contributed by atoms with Crippen LogP contribution in [0.3, 0.4) is 0 Å². The first kappa shape index (κ1) is 17.0. The van der Waals surface area contributed by atoms with E-state index in [1.807, 2.05) is 0 Å². The van der Waals surface area contributed by atoms with Gasteiger partial charge in [-0.2, -0.15) is 0 Å². The van der Waals surface area contributed by atoms with Crippen molar-refractivity contribution >= 4 is 17.3 Å². The van der Waals surface area contributed by atoms with Gasteiger partial charge in [-0.25, -0.2) is 8.78 Å². The van der Waals surface area contributed by atoms with Gasteiger partial charge in [0.1, 0.15) is 12.4 Å². The second kappa shape index (κ2) is 7.36. The molecule has 1 N–H and O–H groups in total. The molecule has 1 atom stereocenters. The van der Waals surface area contributed by atoms with Crippen molar-refractivity contribution in [2.75, 3.05) is 24.5 Å². The van der Waals surface area contributed by atoms with E-state index in [-0.39, 0.29) is 12.4 Å². The third-order valence-corrected chi connectivity index (χ3v) is 4.38. The van der Waals surface area contributed by atoms with Crippen molar-refractivity contribution in [3.05, 3.63) is 58.6 Å². The summed E-state index contributed by atoms with van der Waals surface area (Å²) in [7, 11) is 0. The van der Waals surface area contributed by atoms with Gasteiger partial charge in [0, 0.05) is 48.0 Å². The summed E-state index contributed by atoms with van der Waals surface area (Å²) in [6.07, 6.45) is 0. The standard InChI is InChI=1S/C18H19ClF2N2O/c1-12-10-22-6-7-23(12)15-4-5-16(20)18(9-15)24-11-13-2-3-14(19)8-17(13)21/h2-5,8-9,12,22H,6-7,10-11H2,1H3. The molecule has 1 unspecified atom stereocenters. The van der Waals surface area contributed by atoms with Crippen molar-refractivity contribution in [1.29, 1.82) is 0 Å². The summed E-state index contributed by atoms with van der Waals surface area (Å²) < 4.78 is 33.3. The monoisotopic (exact) mass is 352 g/mol. The zero-order chi connectivity index (χ0) is 17.1. The van der Waals surface area contributed by atoms with Crippen LogP contribution in [0.5, 0.6) is 5.75 Å². The fourth-order valence-electron chi connectivity index (χ4n) is 2.80. The number of nitrogens with one attached hydrogen (secondary N) is 1. The Hall–Kier alpha value is -1.85. The molecular weight excluding hydrogens is 334 g/mol. The zero-order valence-corrected chi connectivity index (χ0v) is 14.1. The van der Waals surface area contributed by atoms with E-state index >= 15 is 0 Å². The first-order valence-electron chi connectivity index (χ1n) is 7.88. The molecule has 1 aliphatic rings. The molecule has 0 aromatic heterocycles. The molecule has 128 valence electrons. The third-order valence-electron chi connectivity index (χ3n) is 4.15. The Morgan fingerprint density at radius 2 is 2.04 bits per heavy atom. The number of benzene rings is 2. The van der Waals surface area contributed by atoms with Crippen LogP contribution in [0.4, 0.5) is 14.5 Å². The summed E-state index contributed by atoms with van der Waals surface area (Å²) in [5.74, 6) is -0.807. The molecular formula is C18H19ClF2N2O. The van der Waals surface area contributed by atoms with E-state index in [9.17, 15) is 8.78 Å². The number of rotatable bonds is 4. The van der Waals surface area contributed by atoms with Gasteiger partial charge in [0.05, 0.1) is 0 Å². The van der Waals surface area contributed by atoms with Crippen molar-refractivity contribution < 1.29 is 13.5 Å². The minimum atomic E-state index is -0.463. The summed E-state index contributed by atoms with van der Waals surface area (Å²) in [5, 5.41) is 3.63. The molecule has 6 heteroatoms. The fourth-order valence-corrected chi connectivity index (χ4v) is 2.96. The summed E-state index contributed by atoms with van der Waals surface area (Å²) in [6.45, 7) is 4.66. The third kappa shape index (κ3) is 3.79. The van der Waals surface area contributed by atoms with Gasteiger partial charge in [-0.1, -0.05) is 17.7 Å². The highest BCUT2D eigenvalue weighted by Crippen LogP contribution is 2.27. The zero-order valence-electron chi connectivity index (χ0n) is 13.4. The lowest BCUT2D eigenvalue weighted by molar-refractivity contribution is 0.284. The van der Waals surface area contributed by atoms with E-state index in [1.54, 1.807) is 18.2 Å². The highest BCUT2D eigenvalue weighted by atomic mass is 35.5. The Bertz CT molecular complexity index is 726. The van der Waals surface area contributed by atoms with Gasteiger partial charge in [-0.15, -0.1) is 0 Å². The van der Waals surface area contributed by atoms with Gasteiger partial charge in [0.25, 0.3) is 0 Å². The van der Waals surface area contributed by atoms with Crippen molar-refractivity contribution in [1.82, 2.24) is 5.32 Å². The average Bonchev–Trinajstić information content (AvgIpc) is 2.56. The topological polar surface area (TPSA) is 24.5 Å². The molecule has 0 spiro atoms. The van der Waals surface area contributed by atoms with Crippen LogP contribution in [0.25, 0.3) is 0 Å². The molecule has 1 heterocycles. The van der Waals surface area contributed by atoms with E-state index in [0.717, 1.165) is 25.3 Å². The average molecular weight is 353 g/mol. The van der Waals surface area contributed by atoms with Gasteiger partial charge >= 0.3 is 0 Å². The van der Waals surface area contributed by atoms with Crippen LogP contribution < -0.4 is 15.0 Å². The Morgan fingerprint density at radius 1 is 1.21 bits per heavy atom. The van der Waals surface area contributed by atoms with Crippen LogP contribution in [0.1, 0.15) is 12.5 Å². The van der Waals surface area contributed by atoms with Gasteiger partial charge in [0.15, 0.2) is 11.6 Å². The van der Waals surface area contributed by atoms with E-state index in [2.05, 4.69) is 17.1 Å². The minimum absolute atomic E-state index is 0.0551. The predicted molar refractivity (Wildman–Crippen MR) is 91.8 cm³/mol. The molecule has 24 heavy (non-hydrogen) atoms. The second-order valence-electron chi connectivity index (χ2n) is 5.89. The normalized spacial score (nSPS) is 17.8. The molecule has 3 nitrogen and oxygen atoms in total. The lowest BCUT2D eigenvalue weighted by atomic mass is 10.1. The van der Waals surface area contributed by atoms with Crippen LogP contribution >= 0.6 is 11.6 Å². The maximum Gasteiger partial charge on any atom is 0.165 e. The summed E-state index contributed by atoms with van der Waals surface area (Å²) >= 11 is 5.73. The van der Waals surface area contributed by atoms with Crippen LogP contribution in [-0.4, -0.2) is 25.7 Å². The maximum absolute atomic E-state index is 14.0. The van der Waals surface area contributed by atoms with Gasteiger partial charge in [0.2, 0.25) is 0 Å². The molecule has 0 aliphatic carbocycles. The molecule has 1 fully saturated rings.